The number of hydrogen-bond acceptors (Lipinski definition) is 3. The SMILES string of the molecule is O=c1[nH]nc(Cl)c2c1c(-c1ccccc1)nn2-c1ccccc1. The number of rotatable bonds is 2. The first-order valence-electron chi connectivity index (χ1n) is 7.03. The lowest BCUT2D eigenvalue weighted by atomic mass is 10.1. The second-order valence-electron chi connectivity index (χ2n) is 5.03. The number of fused-ring (bicyclic) bond motifs is 1. The zero-order valence-electron chi connectivity index (χ0n) is 11.9. The molecule has 0 atom stereocenters. The van der Waals surface area contributed by atoms with Gasteiger partial charge >= 0.3 is 0 Å². The lowest BCUT2D eigenvalue weighted by molar-refractivity contribution is 0.907. The second kappa shape index (κ2) is 5.37. The molecule has 2 aromatic heterocycles. The standard InChI is InChI=1S/C17H11ClN4O/c18-16-15-13(17(23)20-19-16)14(11-7-3-1-4-8-11)21-22(15)12-9-5-2-6-10-12/h1-10H,(H,20,23). The first-order chi connectivity index (χ1) is 11.3. The fourth-order valence-electron chi connectivity index (χ4n) is 2.59. The molecule has 0 saturated carbocycles. The molecule has 0 spiro atoms. The van der Waals surface area contributed by atoms with E-state index in [9.17, 15) is 4.79 Å². The third kappa shape index (κ3) is 2.22. The van der Waals surface area contributed by atoms with Crippen molar-refractivity contribution in [1.29, 1.82) is 0 Å². The van der Waals surface area contributed by atoms with Crippen LogP contribution in [0.2, 0.25) is 5.15 Å². The molecule has 6 heteroatoms. The summed E-state index contributed by atoms with van der Waals surface area (Å²) in [6.07, 6.45) is 0. The summed E-state index contributed by atoms with van der Waals surface area (Å²) in [6, 6.07) is 19.1. The van der Waals surface area contributed by atoms with E-state index in [1.165, 1.54) is 0 Å². The molecule has 5 nitrogen and oxygen atoms in total. The average Bonchev–Trinajstić information content (AvgIpc) is 3.02. The first kappa shape index (κ1) is 13.7. The minimum absolute atomic E-state index is 0.207. The Morgan fingerprint density at radius 2 is 1.61 bits per heavy atom. The number of aromatic amines is 1. The minimum atomic E-state index is -0.314. The van der Waals surface area contributed by atoms with E-state index in [1.54, 1.807) is 4.68 Å². The van der Waals surface area contributed by atoms with E-state index >= 15 is 0 Å². The number of halogens is 1. The van der Waals surface area contributed by atoms with Gasteiger partial charge in [0.15, 0.2) is 5.15 Å². The van der Waals surface area contributed by atoms with Gasteiger partial charge in [-0.3, -0.25) is 4.79 Å². The third-order valence-corrected chi connectivity index (χ3v) is 3.87. The van der Waals surface area contributed by atoms with E-state index in [4.69, 9.17) is 11.6 Å². The molecule has 0 radical (unpaired) electrons. The van der Waals surface area contributed by atoms with Gasteiger partial charge in [0, 0.05) is 5.56 Å². The highest BCUT2D eigenvalue weighted by molar-refractivity contribution is 6.34. The van der Waals surface area contributed by atoms with Crippen LogP contribution in [0.4, 0.5) is 0 Å². The van der Waals surface area contributed by atoms with Gasteiger partial charge in [-0.1, -0.05) is 60.1 Å². The van der Waals surface area contributed by atoms with Gasteiger partial charge < -0.3 is 0 Å². The summed E-state index contributed by atoms with van der Waals surface area (Å²) in [7, 11) is 0. The highest BCUT2D eigenvalue weighted by atomic mass is 35.5. The van der Waals surface area contributed by atoms with Gasteiger partial charge in [0.1, 0.15) is 11.2 Å². The van der Waals surface area contributed by atoms with Gasteiger partial charge in [0.25, 0.3) is 5.56 Å². The fourth-order valence-corrected chi connectivity index (χ4v) is 2.80. The van der Waals surface area contributed by atoms with Crippen LogP contribution in [0.5, 0.6) is 0 Å². The Kier molecular flexibility index (Phi) is 3.20. The monoisotopic (exact) mass is 322 g/mol. The van der Waals surface area contributed by atoms with E-state index in [0.717, 1.165) is 11.3 Å². The molecule has 0 amide bonds. The smallest absolute Gasteiger partial charge is 0.267 e. The molecule has 4 rings (SSSR count). The summed E-state index contributed by atoms with van der Waals surface area (Å²) < 4.78 is 1.65. The summed E-state index contributed by atoms with van der Waals surface area (Å²) in [5, 5.41) is 11.6. The van der Waals surface area contributed by atoms with E-state index in [0.29, 0.717) is 16.6 Å². The number of H-pyrrole nitrogens is 1. The van der Waals surface area contributed by atoms with Crippen LogP contribution in [0.15, 0.2) is 65.5 Å². The van der Waals surface area contributed by atoms with Crippen molar-refractivity contribution in [3.8, 4) is 16.9 Å². The van der Waals surface area contributed by atoms with Crippen LogP contribution in [-0.4, -0.2) is 20.0 Å². The Bertz CT molecular complexity index is 1040. The van der Waals surface area contributed by atoms with Crippen LogP contribution in [0.1, 0.15) is 0 Å². The summed E-state index contributed by atoms with van der Waals surface area (Å²) in [4.78, 5) is 12.3. The van der Waals surface area contributed by atoms with E-state index < -0.39 is 0 Å². The van der Waals surface area contributed by atoms with Crippen LogP contribution in [0, 0.1) is 0 Å². The Labute approximate surface area is 136 Å². The number of para-hydroxylation sites is 1. The van der Waals surface area contributed by atoms with Crippen molar-refractivity contribution in [2.24, 2.45) is 0 Å². The van der Waals surface area contributed by atoms with Gasteiger partial charge in [-0.15, -0.1) is 0 Å². The Hall–Kier alpha value is -2.92. The zero-order valence-corrected chi connectivity index (χ0v) is 12.7. The second-order valence-corrected chi connectivity index (χ2v) is 5.39. The Morgan fingerprint density at radius 3 is 2.30 bits per heavy atom. The minimum Gasteiger partial charge on any atom is -0.267 e. The number of nitrogens with zero attached hydrogens (tertiary/aromatic N) is 3. The molecule has 1 N–H and O–H groups in total. The highest BCUT2D eigenvalue weighted by Crippen LogP contribution is 2.30. The van der Waals surface area contributed by atoms with Gasteiger partial charge in [-0.05, 0) is 12.1 Å². The quantitative estimate of drug-likeness (QED) is 0.615. The van der Waals surface area contributed by atoms with Crippen LogP contribution in [0.3, 0.4) is 0 Å². The summed E-state index contributed by atoms with van der Waals surface area (Å²) >= 11 is 6.24. The molecular formula is C17H11ClN4O. The van der Waals surface area contributed by atoms with E-state index in [1.807, 2.05) is 60.7 Å². The van der Waals surface area contributed by atoms with Crippen LogP contribution in [-0.2, 0) is 0 Å². The summed E-state index contributed by atoms with van der Waals surface area (Å²) in [6.45, 7) is 0. The van der Waals surface area contributed by atoms with Gasteiger partial charge in [-0.2, -0.15) is 10.2 Å². The number of aromatic nitrogens is 4. The molecule has 112 valence electrons. The molecule has 0 saturated heterocycles. The van der Waals surface area contributed by atoms with Crippen molar-refractivity contribution in [2.75, 3.05) is 0 Å². The number of benzene rings is 2. The third-order valence-electron chi connectivity index (χ3n) is 3.61. The molecule has 0 fully saturated rings. The topological polar surface area (TPSA) is 63.6 Å². The maximum absolute atomic E-state index is 12.3. The van der Waals surface area contributed by atoms with Crippen molar-refractivity contribution in [3.05, 3.63) is 76.2 Å². The Morgan fingerprint density at radius 1 is 0.957 bits per heavy atom. The first-order valence-corrected chi connectivity index (χ1v) is 7.41. The summed E-state index contributed by atoms with van der Waals surface area (Å²) in [5.41, 5.74) is 2.43. The molecule has 2 heterocycles. The lowest BCUT2D eigenvalue weighted by Crippen LogP contribution is -2.09. The number of nitrogens with one attached hydrogen (secondary N) is 1. The van der Waals surface area contributed by atoms with Crippen LogP contribution < -0.4 is 5.56 Å². The van der Waals surface area contributed by atoms with Crippen LogP contribution >= 0.6 is 11.6 Å². The number of hydrogen-bond donors (Lipinski definition) is 1. The molecule has 0 aliphatic carbocycles. The van der Waals surface area contributed by atoms with Crippen molar-refractivity contribution in [1.82, 2.24) is 20.0 Å². The van der Waals surface area contributed by atoms with Gasteiger partial charge in [0.2, 0.25) is 0 Å². The van der Waals surface area contributed by atoms with Gasteiger partial charge in [-0.25, -0.2) is 9.78 Å². The van der Waals surface area contributed by atoms with Crippen molar-refractivity contribution < 1.29 is 0 Å². The molecular weight excluding hydrogens is 312 g/mol. The molecule has 23 heavy (non-hydrogen) atoms. The normalized spacial score (nSPS) is 11.0. The van der Waals surface area contributed by atoms with Crippen molar-refractivity contribution in [2.45, 2.75) is 0 Å². The molecule has 0 aliphatic heterocycles. The maximum Gasteiger partial charge on any atom is 0.276 e. The zero-order chi connectivity index (χ0) is 15.8. The fraction of sp³-hybridized carbons (Fsp3) is 0. The van der Waals surface area contributed by atoms with Crippen molar-refractivity contribution >= 4 is 22.5 Å². The molecule has 0 unspecified atom stereocenters. The van der Waals surface area contributed by atoms with E-state index in [-0.39, 0.29) is 10.7 Å². The maximum atomic E-state index is 12.3. The van der Waals surface area contributed by atoms with Crippen molar-refractivity contribution in [3.63, 3.8) is 0 Å². The average molecular weight is 323 g/mol. The van der Waals surface area contributed by atoms with Gasteiger partial charge in [0.05, 0.1) is 11.1 Å². The van der Waals surface area contributed by atoms with E-state index in [2.05, 4.69) is 15.3 Å². The molecule has 0 aliphatic rings. The summed E-state index contributed by atoms with van der Waals surface area (Å²) in [5.74, 6) is 0. The molecule has 2 aromatic carbocycles. The molecule has 0 bridgehead atoms. The van der Waals surface area contributed by atoms with Crippen LogP contribution in [0.25, 0.3) is 27.8 Å². The molecule has 4 aromatic rings. The predicted molar refractivity (Wildman–Crippen MR) is 89.9 cm³/mol. The Balaban J connectivity index is 2.14. The lowest BCUT2D eigenvalue weighted by Gasteiger charge is -2.03. The highest BCUT2D eigenvalue weighted by Gasteiger charge is 2.19. The predicted octanol–water partition coefficient (Wildman–Crippen LogP) is 3.43. The largest absolute Gasteiger partial charge is 0.276 e.